The molecule has 0 aromatic heterocycles. The van der Waals surface area contributed by atoms with Crippen molar-refractivity contribution in [1.82, 2.24) is 0 Å². The van der Waals surface area contributed by atoms with E-state index >= 15 is 0 Å². The number of fused-ring (bicyclic) bond motifs is 5. The second kappa shape index (κ2) is 13.0. The lowest BCUT2D eigenvalue weighted by Crippen LogP contribution is -2.51. The molecule has 1 aromatic rings. The molecule has 46 heavy (non-hydrogen) atoms. The predicted molar refractivity (Wildman–Crippen MR) is 165 cm³/mol. The zero-order valence-corrected chi connectivity index (χ0v) is 27.8. The predicted octanol–water partition coefficient (Wildman–Crippen LogP) is 11.1. The Hall–Kier alpha value is -2.19. The summed E-state index contributed by atoms with van der Waals surface area (Å²) in [5.41, 5.74) is -1.21. The molecular weight excluding hydrogens is 606 g/mol. The third-order valence-electron chi connectivity index (χ3n) is 12.5. The van der Waals surface area contributed by atoms with Crippen molar-refractivity contribution in [3.05, 3.63) is 41.0 Å². The molecule has 258 valence electrons. The van der Waals surface area contributed by atoms with E-state index in [2.05, 4.69) is 40.7 Å². The first-order chi connectivity index (χ1) is 21.4. The van der Waals surface area contributed by atoms with Crippen LogP contribution in [0.2, 0.25) is 0 Å². The summed E-state index contributed by atoms with van der Waals surface area (Å²) in [7, 11) is 0. The minimum absolute atomic E-state index is 0.0278. The van der Waals surface area contributed by atoms with E-state index in [0.29, 0.717) is 42.2 Å². The highest BCUT2D eigenvalue weighted by Gasteiger charge is 2.59. The summed E-state index contributed by atoms with van der Waals surface area (Å²) >= 11 is 0. The maximum absolute atomic E-state index is 13.2. The summed E-state index contributed by atoms with van der Waals surface area (Å²) in [6.45, 7) is 11.3. The van der Waals surface area contributed by atoms with Gasteiger partial charge in [-0.2, -0.15) is 26.3 Å². The number of hydrogen-bond donors (Lipinski definition) is 0. The number of hydrogen-bond acceptors (Lipinski definition) is 3. The minimum Gasteiger partial charge on any atom is -0.482 e. The van der Waals surface area contributed by atoms with E-state index in [0.717, 1.165) is 36.5 Å². The molecule has 0 saturated heterocycles. The van der Waals surface area contributed by atoms with Crippen LogP contribution in [0, 0.1) is 46.3 Å². The normalized spacial score (nSPS) is 33.5. The van der Waals surface area contributed by atoms with Crippen molar-refractivity contribution >= 4 is 5.97 Å². The van der Waals surface area contributed by atoms with Gasteiger partial charge in [-0.3, -0.25) is 0 Å². The lowest BCUT2D eigenvalue weighted by molar-refractivity contribution is -0.153. The number of benzene rings is 1. The quantitative estimate of drug-likeness (QED) is 0.151. The summed E-state index contributed by atoms with van der Waals surface area (Å²) in [5.74, 6) is 2.82. The smallest absolute Gasteiger partial charge is 0.416 e. The van der Waals surface area contributed by atoms with Gasteiger partial charge in [0.1, 0.15) is 11.9 Å². The molecule has 0 radical (unpaired) electrons. The molecule has 0 bridgehead atoms. The Morgan fingerprint density at radius 1 is 0.891 bits per heavy atom. The monoisotopic (exact) mass is 656 g/mol. The Morgan fingerprint density at radius 3 is 2.20 bits per heavy atom. The van der Waals surface area contributed by atoms with Crippen molar-refractivity contribution in [1.29, 1.82) is 0 Å². The number of ether oxygens (including phenoxy) is 2. The van der Waals surface area contributed by atoms with E-state index in [4.69, 9.17) is 9.47 Å². The van der Waals surface area contributed by atoms with Crippen LogP contribution in [-0.2, 0) is 21.9 Å². The Balaban J connectivity index is 1.19. The van der Waals surface area contributed by atoms with Crippen LogP contribution in [0.15, 0.2) is 29.8 Å². The maximum atomic E-state index is 13.2. The average molecular weight is 657 g/mol. The van der Waals surface area contributed by atoms with Crippen molar-refractivity contribution in [2.75, 3.05) is 6.61 Å². The van der Waals surface area contributed by atoms with Crippen LogP contribution in [0.3, 0.4) is 0 Å². The number of alkyl halides is 6. The molecular formula is C37H50F6O3. The summed E-state index contributed by atoms with van der Waals surface area (Å²) in [4.78, 5) is 12.6. The van der Waals surface area contributed by atoms with Gasteiger partial charge in [0, 0.05) is 6.42 Å². The van der Waals surface area contributed by atoms with E-state index in [1.54, 1.807) is 0 Å². The first-order valence-corrected chi connectivity index (χ1v) is 17.2. The minimum atomic E-state index is -5.00. The van der Waals surface area contributed by atoms with Crippen LogP contribution in [0.5, 0.6) is 5.75 Å². The number of carbonyl (C=O) groups is 1. The van der Waals surface area contributed by atoms with Crippen LogP contribution in [0.25, 0.3) is 0 Å². The van der Waals surface area contributed by atoms with Crippen LogP contribution in [0.1, 0.15) is 116 Å². The lowest BCUT2D eigenvalue weighted by atomic mass is 9.47. The highest BCUT2D eigenvalue weighted by Crippen LogP contribution is 2.67. The highest BCUT2D eigenvalue weighted by atomic mass is 19.4. The molecule has 1 aromatic carbocycles. The Labute approximate surface area is 269 Å². The molecule has 8 unspecified atom stereocenters. The third-order valence-corrected chi connectivity index (χ3v) is 12.5. The van der Waals surface area contributed by atoms with Crippen molar-refractivity contribution in [2.45, 2.75) is 124 Å². The molecule has 8 atom stereocenters. The van der Waals surface area contributed by atoms with Gasteiger partial charge in [0.25, 0.3) is 0 Å². The molecule has 4 aliphatic carbocycles. The van der Waals surface area contributed by atoms with Gasteiger partial charge in [0.15, 0.2) is 6.61 Å². The van der Waals surface area contributed by atoms with Crippen molar-refractivity contribution in [3.63, 3.8) is 0 Å². The second-order valence-electron chi connectivity index (χ2n) is 15.7. The zero-order chi connectivity index (χ0) is 33.7. The van der Waals surface area contributed by atoms with Gasteiger partial charge in [0.2, 0.25) is 0 Å². The first kappa shape index (κ1) is 35.1. The van der Waals surface area contributed by atoms with Gasteiger partial charge in [-0.05, 0) is 109 Å². The number of rotatable bonds is 9. The molecule has 4 aliphatic rings. The van der Waals surface area contributed by atoms with Crippen molar-refractivity contribution < 1.29 is 40.6 Å². The molecule has 0 aliphatic heterocycles. The highest BCUT2D eigenvalue weighted by molar-refractivity contribution is 5.71. The molecule has 3 nitrogen and oxygen atoms in total. The third kappa shape index (κ3) is 7.13. The van der Waals surface area contributed by atoms with Gasteiger partial charge >= 0.3 is 18.3 Å². The van der Waals surface area contributed by atoms with E-state index in [1.807, 2.05) is 0 Å². The second-order valence-corrected chi connectivity index (χ2v) is 15.7. The average Bonchev–Trinajstić information content (AvgIpc) is 3.32. The summed E-state index contributed by atoms with van der Waals surface area (Å²) in [6.07, 6.45) is 4.28. The van der Waals surface area contributed by atoms with Gasteiger partial charge in [-0.1, -0.05) is 65.5 Å². The van der Waals surface area contributed by atoms with E-state index in [9.17, 15) is 31.1 Å². The zero-order valence-electron chi connectivity index (χ0n) is 27.8. The standard InChI is InChI=1S/C37H50F6O3/c1-22(2)7-6-8-23(3)30-11-12-31-29-10-9-24-18-27(13-15-34(24,4)32(29)14-16-35(30,31)5)46-33(44)21-45-28-19-25(36(38,39)40)17-26(20-28)37(41,42)43/h9,17,19-20,22-23,27,29-32H,6-8,10-16,18,21H2,1-5H3. The SMILES string of the molecule is CC(C)CCCC(C)C1CCC2C3CC=C4CC(OC(=O)COc5cc(C(F)(F)F)cc(C(F)(F)F)c5)CCC4(C)C3CCC12C. The number of esters is 1. The summed E-state index contributed by atoms with van der Waals surface area (Å²) < 4.78 is 89.9. The molecule has 0 heterocycles. The number of allylic oxidation sites excluding steroid dienone is 1. The fraction of sp³-hybridized carbons (Fsp3) is 0.757. The van der Waals surface area contributed by atoms with E-state index in [-0.39, 0.29) is 11.5 Å². The molecule has 3 saturated carbocycles. The van der Waals surface area contributed by atoms with Gasteiger partial charge in [0.05, 0.1) is 11.1 Å². The fourth-order valence-electron chi connectivity index (χ4n) is 10.1. The van der Waals surface area contributed by atoms with Gasteiger partial charge in [-0.15, -0.1) is 0 Å². The van der Waals surface area contributed by atoms with Crippen LogP contribution < -0.4 is 4.74 Å². The molecule has 0 spiro atoms. The summed E-state index contributed by atoms with van der Waals surface area (Å²) in [6, 6.07) is 0.958. The van der Waals surface area contributed by atoms with E-state index < -0.39 is 47.9 Å². The van der Waals surface area contributed by atoms with Crippen molar-refractivity contribution in [2.24, 2.45) is 46.3 Å². The van der Waals surface area contributed by atoms with Crippen LogP contribution in [0.4, 0.5) is 26.3 Å². The molecule has 0 amide bonds. The molecule has 5 rings (SSSR count). The maximum Gasteiger partial charge on any atom is 0.416 e. The lowest BCUT2D eigenvalue weighted by Gasteiger charge is -2.58. The summed E-state index contributed by atoms with van der Waals surface area (Å²) in [5, 5.41) is 0. The molecule has 9 heteroatoms. The molecule has 3 fully saturated rings. The fourth-order valence-corrected chi connectivity index (χ4v) is 10.1. The van der Waals surface area contributed by atoms with Gasteiger partial charge < -0.3 is 9.47 Å². The van der Waals surface area contributed by atoms with Crippen LogP contribution in [-0.4, -0.2) is 18.7 Å². The van der Waals surface area contributed by atoms with E-state index in [1.165, 1.54) is 50.5 Å². The van der Waals surface area contributed by atoms with Gasteiger partial charge in [-0.25, -0.2) is 4.79 Å². The molecule has 0 N–H and O–H groups in total. The largest absolute Gasteiger partial charge is 0.482 e. The number of carbonyl (C=O) groups excluding carboxylic acids is 1. The Kier molecular flexibility index (Phi) is 9.94. The van der Waals surface area contributed by atoms with Crippen LogP contribution >= 0.6 is 0 Å². The first-order valence-electron chi connectivity index (χ1n) is 17.2. The van der Waals surface area contributed by atoms with Crippen molar-refractivity contribution in [3.8, 4) is 5.75 Å². The Bertz CT molecular complexity index is 1250. The topological polar surface area (TPSA) is 35.5 Å². The number of halogens is 6. The Morgan fingerprint density at radius 2 is 1.57 bits per heavy atom.